The summed E-state index contributed by atoms with van der Waals surface area (Å²) in [4.78, 5) is 27.4. The van der Waals surface area contributed by atoms with Gasteiger partial charge in [0.1, 0.15) is 5.82 Å². The lowest BCUT2D eigenvalue weighted by atomic mass is 9.91. The van der Waals surface area contributed by atoms with E-state index in [1.807, 2.05) is 6.07 Å². The highest BCUT2D eigenvalue weighted by Crippen LogP contribution is 2.48. The number of rotatable bonds is 7. The molecule has 0 saturated heterocycles. The van der Waals surface area contributed by atoms with Gasteiger partial charge in [0.25, 0.3) is 0 Å². The molecule has 0 aromatic heterocycles. The second-order valence-electron chi connectivity index (χ2n) is 10.0. The first kappa shape index (κ1) is 22.1. The lowest BCUT2D eigenvalue weighted by Gasteiger charge is -2.37. The first-order valence-corrected chi connectivity index (χ1v) is 12.1. The predicted molar refractivity (Wildman–Crippen MR) is 124 cm³/mol. The maximum Gasteiger partial charge on any atom is 0.309 e. The molecule has 3 aliphatic rings. The zero-order chi connectivity index (χ0) is 23.0. The zero-order valence-corrected chi connectivity index (χ0v) is 18.9. The molecule has 2 saturated carbocycles. The molecule has 1 aliphatic heterocycles. The third-order valence-corrected chi connectivity index (χ3v) is 7.81. The van der Waals surface area contributed by atoms with Crippen LogP contribution in [0.1, 0.15) is 55.2 Å². The molecular weight excluding hydrogens is 419 g/mol. The van der Waals surface area contributed by atoms with Crippen LogP contribution in [0.25, 0.3) is 0 Å². The number of amides is 1. The third kappa shape index (κ3) is 4.54. The standard InChI is InChI=1S/C27H31FN2O3/c28-22-10-9-18(16-27(12-13-27)26(32)33)15-23(22)29-25(31)24(20-6-2-3-7-20)30-14-11-19-5-1-4-8-21(19)17-30/h1,4-5,8-10,15,20,24H,2-3,6-7,11-14,16-17H2,(H,29,31)(H,32,33). The summed E-state index contributed by atoms with van der Waals surface area (Å²) in [6.45, 7) is 1.55. The van der Waals surface area contributed by atoms with E-state index < -0.39 is 17.2 Å². The van der Waals surface area contributed by atoms with Crippen LogP contribution in [0.2, 0.25) is 0 Å². The van der Waals surface area contributed by atoms with E-state index in [9.17, 15) is 19.1 Å². The molecule has 1 unspecified atom stereocenters. The van der Waals surface area contributed by atoms with Crippen molar-refractivity contribution in [3.8, 4) is 0 Å². The number of anilines is 1. The van der Waals surface area contributed by atoms with E-state index in [1.165, 1.54) is 17.2 Å². The number of nitrogens with zero attached hydrogens (tertiary/aromatic N) is 1. The van der Waals surface area contributed by atoms with Gasteiger partial charge in [0.05, 0.1) is 17.1 Å². The number of benzene rings is 2. The molecule has 5 nitrogen and oxygen atoms in total. The lowest BCUT2D eigenvalue weighted by Crippen LogP contribution is -2.50. The number of carboxylic acid groups (broad SMARTS) is 1. The third-order valence-electron chi connectivity index (χ3n) is 7.81. The smallest absolute Gasteiger partial charge is 0.309 e. The Hall–Kier alpha value is -2.73. The van der Waals surface area contributed by atoms with Crippen LogP contribution in [-0.4, -0.2) is 34.5 Å². The van der Waals surface area contributed by atoms with Crippen molar-refractivity contribution >= 4 is 17.6 Å². The van der Waals surface area contributed by atoms with Crippen LogP contribution in [0.15, 0.2) is 42.5 Å². The molecule has 0 radical (unpaired) electrons. The van der Waals surface area contributed by atoms with Crippen LogP contribution in [0.5, 0.6) is 0 Å². The number of carboxylic acids is 1. The van der Waals surface area contributed by atoms with Crippen molar-refractivity contribution in [2.24, 2.45) is 11.3 Å². The second kappa shape index (κ2) is 8.90. The average Bonchev–Trinajstić information content (AvgIpc) is 3.40. The predicted octanol–water partition coefficient (Wildman–Crippen LogP) is 4.79. The van der Waals surface area contributed by atoms with Gasteiger partial charge in [0, 0.05) is 13.1 Å². The minimum Gasteiger partial charge on any atom is -0.481 e. The average molecular weight is 451 g/mol. The Bertz CT molecular complexity index is 1060. The summed E-state index contributed by atoms with van der Waals surface area (Å²) >= 11 is 0. The van der Waals surface area contributed by atoms with Crippen LogP contribution >= 0.6 is 0 Å². The van der Waals surface area contributed by atoms with Gasteiger partial charge in [-0.05, 0) is 73.3 Å². The second-order valence-corrected chi connectivity index (χ2v) is 10.0. The minimum absolute atomic E-state index is 0.152. The van der Waals surface area contributed by atoms with Crippen LogP contribution in [0.3, 0.4) is 0 Å². The molecule has 0 bridgehead atoms. The minimum atomic E-state index is -0.802. The Morgan fingerprint density at radius 2 is 1.85 bits per heavy atom. The van der Waals surface area contributed by atoms with Crippen molar-refractivity contribution in [1.29, 1.82) is 0 Å². The van der Waals surface area contributed by atoms with E-state index in [0.717, 1.165) is 50.8 Å². The zero-order valence-electron chi connectivity index (χ0n) is 18.9. The van der Waals surface area contributed by atoms with Crippen molar-refractivity contribution in [1.82, 2.24) is 4.90 Å². The molecule has 1 amide bonds. The van der Waals surface area contributed by atoms with Gasteiger partial charge < -0.3 is 10.4 Å². The van der Waals surface area contributed by atoms with Crippen LogP contribution in [0.4, 0.5) is 10.1 Å². The fraction of sp³-hybridized carbons (Fsp3) is 0.481. The van der Waals surface area contributed by atoms with Gasteiger partial charge in [-0.2, -0.15) is 0 Å². The van der Waals surface area contributed by atoms with Gasteiger partial charge in [-0.3, -0.25) is 14.5 Å². The van der Waals surface area contributed by atoms with Crippen LogP contribution < -0.4 is 5.32 Å². The largest absolute Gasteiger partial charge is 0.481 e. The molecular formula is C27H31FN2O3. The van der Waals surface area contributed by atoms with Crippen molar-refractivity contribution in [3.63, 3.8) is 0 Å². The summed E-state index contributed by atoms with van der Waals surface area (Å²) in [6.07, 6.45) is 6.83. The maximum atomic E-state index is 14.7. The summed E-state index contributed by atoms with van der Waals surface area (Å²) in [5.74, 6) is -1.18. The number of halogens is 1. The quantitative estimate of drug-likeness (QED) is 0.637. The van der Waals surface area contributed by atoms with Crippen molar-refractivity contribution in [3.05, 3.63) is 65.0 Å². The number of fused-ring (bicyclic) bond motifs is 1. The van der Waals surface area contributed by atoms with E-state index in [1.54, 1.807) is 12.1 Å². The molecule has 0 spiro atoms. The molecule has 2 aromatic carbocycles. The Balaban J connectivity index is 1.36. The first-order valence-electron chi connectivity index (χ1n) is 12.1. The van der Waals surface area contributed by atoms with Crippen LogP contribution in [0, 0.1) is 17.2 Å². The van der Waals surface area contributed by atoms with E-state index in [4.69, 9.17) is 0 Å². The highest BCUT2D eigenvalue weighted by atomic mass is 19.1. The van der Waals surface area contributed by atoms with Gasteiger partial charge in [0.2, 0.25) is 5.91 Å². The number of carbonyl (C=O) groups is 2. The number of aliphatic carboxylic acids is 1. The Morgan fingerprint density at radius 3 is 2.55 bits per heavy atom. The van der Waals surface area contributed by atoms with Crippen LogP contribution in [-0.2, 0) is 29.0 Å². The molecule has 174 valence electrons. The summed E-state index contributed by atoms with van der Waals surface area (Å²) < 4.78 is 14.7. The number of carbonyl (C=O) groups excluding carboxylic acids is 1. The maximum absolute atomic E-state index is 14.7. The van der Waals surface area contributed by atoms with Crippen molar-refractivity contribution in [2.75, 3.05) is 11.9 Å². The molecule has 2 fully saturated rings. The Labute approximate surface area is 194 Å². The van der Waals surface area contributed by atoms with Gasteiger partial charge in [-0.15, -0.1) is 0 Å². The van der Waals surface area contributed by atoms with Gasteiger partial charge in [0.15, 0.2) is 0 Å². The van der Waals surface area contributed by atoms with E-state index in [0.29, 0.717) is 19.3 Å². The highest BCUT2D eigenvalue weighted by molar-refractivity contribution is 5.95. The molecule has 5 rings (SSSR count). The molecule has 1 heterocycles. The van der Waals surface area contributed by atoms with Crippen molar-refractivity contribution in [2.45, 2.75) is 64.0 Å². The molecule has 6 heteroatoms. The summed E-state index contributed by atoms with van der Waals surface area (Å²) in [5.41, 5.74) is 2.77. The van der Waals surface area contributed by atoms with E-state index in [-0.39, 0.29) is 23.6 Å². The molecule has 1 atom stereocenters. The SMILES string of the molecule is O=C(Nc1cc(CC2(C(=O)O)CC2)ccc1F)C(C1CCCC1)N1CCc2ccccc2C1. The molecule has 2 aromatic rings. The lowest BCUT2D eigenvalue weighted by molar-refractivity contribution is -0.143. The molecule has 33 heavy (non-hydrogen) atoms. The number of nitrogens with one attached hydrogen (secondary N) is 1. The van der Waals surface area contributed by atoms with E-state index >= 15 is 0 Å². The fourth-order valence-electron chi connectivity index (χ4n) is 5.70. The highest BCUT2D eigenvalue weighted by Gasteiger charge is 2.50. The summed E-state index contributed by atoms with van der Waals surface area (Å²) in [7, 11) is 0. The number of hydrogen-bond acceptors (Lipinski definition) is 3. The van der Waals surface area contributed by atoms with Gasteiger partial charge in [-0.1, -0.05) is 43.2 Å². The number of hydrogen-bond donors (Lipinski definition) is 2. The van der Waals surface area contributed by atoms with Gasteiger partial charge in [-0.25, -0.2) is 4.39 Å². The van der Waals surface area contributed by atoms with Gasteiger partial charge >= 0.3 is 5.97 Å². The molecule has 2 aliphatic carbocycles. The molecule has 2 N–H and O–H groups in total. The monoisotopic (exact) mass is 450 g/mol. The fourth-order valence-corrected chi connectivity index (χ4v) is 5.70. The Kier molecular flexibility index (Phi) is 5.95. The first-order chi connectivity index (χ1) is 15.9. The summed E-state index contributed by atoms with van der Waals surface area (Å²) in [6, 6.07) is 12.7. The normalized spacial score (nSPS) is 20.8. The Morgan fingerprint density at radius 1 is 1.12 bits per heavy atom. The van der Waals surface area contributed by atoms with Crippen molar-refractivity contribution < 1.29 is 19.1 Å². The topological polar surface area (TPSA) is 69.6 Å². The summed E-state index contributed by atoms with van der Waals surface area (Å²) in [5, 5.41) is 12.4. The van der Waals surface area contributed by atoms with E-state index in [2.05, 4.69) is 28.4 Å².